The lowest BCUT2D eigenvalue weighted by Gasteiger charge is -2.02. The number of halogens is 1. The first-order valence-corrected chi connectivity index (χ1v) is 6.10. The minimum absolute atomic E-state index is 0.0107. The Kier molecular flexibility index (Phi) is 4.13. The van der Waals surface area contributed by atoms with Crippen LogP contribution in [0.3, 0.4) is 0 Å². The van der Waals surface area contributed by atoms with Gasteiger partial charge < -0.3 is 9.84 Å². The molecule has 0 fully saturated rings. The maximum Gasteiger partial charge on any atom is 0.337 e. The zero-order valence-corrected chi connectivity index (χ0v) is 11.1. The smallest absolute Gasteiger partial charge is 0.337 e. The standard InChI is InChI=1S/C10H7ClN4O3S/c1-18-9-13-8(11)14-10(15-9)19-6-3-2-5(4-12-6)7(16)17/h2-4H,1H3,(H,16,17). The summed E-state index contributed by atoms with van der Waals surface area (Å²) < 4.78 is 4.87. The van der Waals surface area contributed by atoms with Gasteiger partial charge >= 0.3 is 12.0 Å². The minimum Gasteiger partial charge on any atom is -0.478 e. The highest BCUT2D eigenvalue weighted by Crippen LogP contribution is 2.24. The first kappa shape index (κ1) is 13.5. The van der Waals surface area contributed by atoms with Crippen LogP contribution in [-0.2, 0) is 0 Å². The molecule has 0 radical (unpaired) electrons. The Morgan fingerprint density at radius 3 is 2.74 bits per heavy atom. The van der Waals surface area contributed by atoms with Gasteiger partial charge in [0, 0.05) is 6.20 Å². The molecular formula is C10H7ClN4O3S. The number of carboxylic acid groups (broad SMARTS) is 1. The predicted molar refractivity (Wildman–Crippen MR) is 66.7 cm³/mol. The van der Waals surface area contributed by atoms with Gasteiger partial charge in [0.05, 0.1) is 12.7 Å². The van der Waals surface area contributed by atoms with Gasteiger partial charge in [-0.1, -0.05) is 0 Å². The monoisotopic (exact) mass is 298 g/mol. The second-order valence-corrected chi connectivity index (χ2v) is 4.49. The van der Waals surface area contributed by atoms with Gasteiger partial charge in [-0.2, -0.15) is 15.0 Å². The van der Waals surface area contributed by atoms with E-state index in [1.165, 1.54) is 19.4 Å². The molecule has 0 aliphatic carbocycles. The Morgan fingerprint density at radius 1 is 1.37 bits per heavy atom. The highest BCUT2D eigenvalue weighted by molar-refractivity contribution is 7.99. The lowest BCUT2D eigenvalue weighted by Crippen LogP contribution is -1.98. The van der Waals surface area contributed by atoms with Crippen molar-refractivity contribution in [2.24, 2.45) is 0 Å². The molecule has 98 valence electrons. The maximum atomic E-state index is 10.7. The molecule has 19 heavy (non-hydrogen) atoms. The summed E-state index contributed by atoms with van der Waals surface area (Å²) in [4.78, 5) is 26.3. The molecule has 0 spiro atoms. The summed E-state index contributed by atoms with van der Waals surface area (Å²) in [6, 6.07) is 3.10. The number of pyridine rings is 1. The summed E-state index contributed by atoms with van der Waals surface area (Å²) in [5.41, 5.74) is 0.107. The lowest BCUT2D eigenvalue weighted by molar-refractivity contribution is 0.0696. The number of rotatable bonds is 4. The van der Waals surface area contributed by atoms with E-state index in [0.717, 1.165) is 11.8 Å². The average Bonchev–Trinajstić information content (AvgIpc) is 2.38. The Labute approximate surface area is 117 Å². The molecule has 2 rings (SSSR count). The van der Waals surface area contributed by atoms with Crippen molar-refractivity contribution in [3.63, 3.8) is 0 Å². The fourth-order valence-corrected chi connectivity index (χ4v) is 2.00. The van der Waals surface area contributed by atoms with Gasteiger partial charge in [0.2, 0.25) is 10.4 Å². The van der Waals surface area contributed by atoms with Gasteiger partial charge in [-0.15, -0.1) is 0 Å². The summed E-state index contributed by atoms with van der Waals surface area (Å²) in [6.07, 6.45) is 1.25. The highest BCUT2D eigenvalue weighted by Gasteiger charge is 2.09. The fraction of sp³-hybridized carbons (Fsp3) is 0.100. The molecule has 2 aromatic heterocycles. The van der Waals surface area contributed by atoms with E-state index in [4.69, 9.17) is 21.4 Å². The van der Waals surface area contributed by atoms with Crippen molar-refractivity contribution in [2.75, 3.05) is 7.11 Å². The molecule has 0 amide bonds. The van der Waals surface area contributed by atoms with Crippen molar-refractivity contribution in [1.29, 1.82) is 0 Å². The van der Waals surface area contributed by atoms with Gasteiger partial charge in [-0.05, 0) is 35.5 Å². The van der Waals surface area contributed by atoms with Crippen molar-refractivity contribution in [3.8, 4) is 6.01 Å². The predicted octanol–water partition coefficient (Wildman–Crippen LogP) is 1.78. The van der Waals surface area contributed by atoms with E-state index in [-0.39, 0.29) is 16.9 Å². The van der Waals surface area contributed by atoms with Gasteiger partial charge in [0.15, 0.2) is 0 Å². The van der Waals surface area contributed by atoms with Crippen LogP contribution in [0.15, 0.2) is 28.5 Å². The van der Waals surface area contributed by atoms with E-state index in [9.17, 15) is 4.79 Å². The van der Waals surface area contributed by atoms with Crippen molar-refractivity contribution >= 4 is 29.3 Å². The van der Waals surface area contributed by atoms with Crippen LogP contribution in [-0.4, -0.2) is 38.1 Å². The SMILES string of the molecule is COc1nc(Cl)nc(Sc2ccc(C(=O)O)cn2)n1. The topological polar surface area (TPSA) is 98.1 Å². The molecule has 0 bridgehead atoms. The molecule has 2 heterocycles. The average molecular weight is 299 g/mol. The highest BCUT2D eigenvalue weighted by atomic mass is 35.5. The van der Waals surface area contributed by atoms with Gasteiger partial charge in [-0.25, -0.2) is 9.78 Å². The third-order valence-electron chi connectivity index (χ3n) is 1.93. The number of nitrogens with zero attached hydrogens (tertiary/aromatic N) is 4. The number of ether oxygens (including phenoxy) is 1. The molecular weight excluding hydrogens is 292 g/mol. The first-order chi connectivity index (χ1) is 9.08. The molecule has 0 aliphatic heterocycles. The van der Waals surface area contributed by atoms with Gasteiger partial charge in [0.25, 0.3) is 0 Å². The molecule has 9 heteroatoms. The second kappa shape index (κ2) is 5.81. The largest absolute Gasteiger partial charge is 0.478 e. The summed E-state index contributed by atoms with van der Waals surface area (Å²) in [7, 11) is 1.42. The zero-order chi connectivity index (χ0) is 13.8. The van der Waals surface area contributed by atoms with Crippen LogP contribution in [0, 0.1) is 0 Å². The summed E-state index contributed by atoms with van der Waals surface area (Å²) >= 11 is 6.83. The van der Waals surface area contributed by atoms with Crippen LogP contribution in [0.25, 0.3) is 0 Å². The number of aromatic nitrogens is 4. The third-order valence-corrected chi connectivity index (χ3v) is 2.91. The molecule has 0 unspecified atom stereocenters. The molecule has 0 aromatic carbocycles. The number of carboxylic acids is 1. The van der Waals surface area contributed by atoms with E-state index in [1.807, 2.05) is 0 Å². The Hall–Kier alpha value is -1.93. The quantitative estimate of drug-likeness (QED) is 0.912. The van der Waals surface area contributed by atoms with Crippen LogP contribution in [0.1, 0.15) is 10.4 Å². The summed E-state index contributed by atoms with van der Waals surface area (Å²) in [5.74, 6) is -1.03. The maximum absolute atomic E-state index is 10.7. The second-order valence-electron chi connectivity index (χ2n) is 3.17. The fourth-order valence-electron chi connectivity index (χ4n) is 1.11. The van der Waals surface area contributed by atoms with E-state index < -0.39 is 5.97 Å². The van der Waals surface area contributed by atoms with Crippen LogP contribution >= 0.6 is 23.4 Å². The van der Waals surface area contributed by atoms with Crippen LogP contribution in [0.2, 0.25) is 5.28 Å². The summed E-state index contributed by atoms with van der Waals surface area (Å²) in [5, 5.41) is 9.62. The van der Waals surface area contributed by atoms with Crippen molar-refractivity contribution < 1.29 is 14.6 Å². The van der Waals surface area contributed by atoms with Crippen LogP contribution < -0.4 is 4.74 Å². The van der Waals surface area contributed by atoms with E-state index in [0.29, 0.717) is 10.2 Å². The van der Waals surface area contributed by atoms with Gasteiger partial charge in [-0.3, -0.25) is 0 Å². The molecule has 0 saturated heterocycles. The number of hydrogen-bond acceptors (Lipinski definition) is 7. The van der Waals surface area contributed by atoms with E-state index >= 15 is 0 Å². The van der Waals surface area contributed by atoms with Gasteiger partial charge in [0.1, 0.15) is 5.03 Å². The van der Waals surface area contributed by atoms with Crippen molar-refractivity contribution in [2.45, 2.75) is 10.2 Å². The first-order valence-electron chi connectivity index (χ1n) is 4.91. The summed E-state index contributed by atoms with van der Waals surface area (Å²) in [6.45, 7) is 0. The Bertz CT molecular complexity index is 608. The molecule has 0 atom stereocenters. The number of aromatic carboxylic acids is 1. The van der Waals surface area contributed by atoms with E-state index in [2.05, 4.69) is 19.9 Å². The zero-order valence-electron chi connectivity index (χ0n) is 9.57. The molecule has 0 saturated carbocycles. The van der Waals surface area contributed by atoms with Crippen molar-refractivity contribution in [1.82, 2.24) is 19.9 Å². The Morgan fingerprint density at radius 2 is 2.16 bits per heavy atom. The Balaban J connectivity index is 2.21. The lowest BCUT2D eigenvalue weighted by atomic mass is 10.3. The molecule has 0 aliphatic rings. The van der Waals surface area contributed by atoms with Crippen molar-refractivity contribution in [3.05, 3.63) is 29.2 Å². The third kappa shape index (κ3) is 3.52. The van der Waals surface area contributed by atoms with E-state index in [1.54, 1.807) is 6.07 Å². The number of methoxy groups -OCH3 is 1. The molecule has 1 N–H and O–H groups in total. The van der Waals surface area contributed by atoms with Crippen LogP contribution in [0.4, 0.5) is 0 Å². The minimum atomic E-state index is -1.03. The number of carbonyl (C=O) groups is 1. The van der Waals surface area contributed by atoms with Crippen LogP contribution in [0.5, 0.6) is 6.01 Å². The molecule has 7 nitrogen and oxygen atoms in total. The number of hydrogen-bond donors (Lipinski definition) is 1. The molecule has 2 aromatic rings. The normalized spacial score (nSPS) is 10.2.